The lowest BCUT2D eigenvalue weighted by Gasteiger charge is -2.15. The number of aromatic hydroxyl groups is 1. The van der Waals surface area contributed by atoms with Gasteiger partial charge in [-0.2, -0.15) is 8.78 Å². The van der Waals surface area contributed by atoms with E-state index in [4.69, 9.17) is 0 Å². The fourth-order valence-electron chi connectivity index (χ4n) is 1.04. The molecule has 1 aromatic rings. The Hall–Kier alpha value is -2.39. The van der Waals surface area contributed by atoms with E-state index >= 15 is 0 Å². The van der Waals surface area contributed by atoms with Crippen molar-refractivity contribution < 1.29 is 32.4 Å². The molecule has 0 aliphatic carbocycles. The molecule has 0 saturated carbocycles. The summed E-state index contributed by atoms with van der Waals surface area (Å²) in [6.07, 6.45) is -4.24. The number of nitro groups is 1. The van der Waals surface area contributed by atoms with Crippen LogP contribution >= 0.6 is 0 Å². The number of hydrogen-bond donors (Lipinski definition) is 2. The van der Waals surface area contributed by atoms with E-state index in [0.29, 0.717) is 6.07 Å². The van der Waals surface area contributed by atoms with Gasteiger partial charge in [0.05, 0.1) is 10.6 Å². The first-order chi connectivity index (χ1) is 8.66. The van der Waals surface area contributed by atoms with Crippen LogP contribution in [0.5, 0.6) is 5.75 Å². The van der Waals surface area contributed by atoms with Gasteiger partial charge in [-0.1, -0.05) is 0 Å². The molecule has 0 atom stereocenters. The number of carbonyl (C=O) groups excluding carboxylic acids is 1. The van der Waals surface area contributed by atoms with E-state index in [0.717, 1.165) is 12.1 Å². The molecule has 1 rings (SSSR count). The van der Waals surface area contributed by atoms with E-state index in [9.17, 15) is 37.6 Å². The number of nitrogens with zero attached hydrogens (tertiary/aromatic N) is 1. The Morgan fingerprint density at radius 3 is 2.47 bits per heavy atom. The van der Waals surface area contributed by atoms with Gasteiger partial charge in [0.15, 0.2) is 0 Å². The number of non-ortho nitro benzene ring substituents is 1. The third-order valence-corrected chi connectivity index (χ3v) is 2.02. The van der Waals surface area contributed by atoms with Gasteiger partial charge in [0.2, 0.25) is 0 Å². The highest BCUT2D eigenvalue weighted by molar-refractivity contribution is 5.97. The number of phenols is 1. The molecule has 0 spiro atoms. The zero-order valence-electron chi connectivity index (χ0n) is 8.94. The number of alkyl halides is 4. The molecule has 19 heavy (non-hydrogen) atoms. The summed E-state index contributed by atoms with van der Waals surface area (Å²) in [5.74, 6) is -8.13. The fourth-order valence-corrected chi connectivity index (χ4v) is 1.04. The average Bonchev–Trinajstić information content (AvgIpc) is 2.31. The number of rotatable bonds is 4. The van der Waals surface area contributed by atoms with Crippen LogP contribution in [0.25, 0.3) is 0 Å². The second-order valence-electron chi connectivity index (χ2n) is 3.34. The molecule has 0 aliphatic rings. The van der Waals surface area contributed by atoms with Crippen LogP contribution in [0.1, 0.15) is 0 Å². The SMILES string of the molecule is O=C(Nc1cc([N+](=O)[O-])ccc1O)C(F)(F)C(F)F. The lowest BCUT2D eigenvalue weighted by molar-refractivity contribution is -0.384. The summed E-state index contributed by atoms with van der Waals surface area (Å²) >= 11 is 0. The Labute approximate surface area is 102 Å². The van der Waals surface area contributed by atoms with Crippen molar-refractivity contribution >= 4 is 17.3 Å². The van der Waals surface area contributed by atoms with Crippen LogP contribution in [0, 0.1) is 10.1 Å². The first kappa shape index (κ1) is 14.7. The zero-order chi connectivity index (χ0) is 14.8. The predicted octanol–water partition coefficient (Wildman–Crippen LogP) is 2.14. The number of amides is 1. The fraction of sp³-hybridized carbons (Fsp3) is 0.222. The van der Waals surface area contributed by atoms with Crippen molar-refractivity contribution in [3.63, 3.8) is 0 Å². The maximum atomic E-state index is 12.6. The molecule has 104 valence electrons. The molecule has 0 aliphatic heterocycles. The van der Waals surface area contributed by atoms with E-state index in [-0.39, 0.29) is 0 Å². The predicted molar refractivity (Wildman–Crippen MR) is 54.3 cm³/mol. The summed E-state index contributed by atoms with van der Waals surface area (Å²) in [6.45, 7) is 0. The Balaban J connectivity index is 3.03. The Kier molecular flexibility index (Phi) is 3.92. The van der Waals surface area contributed by atoms with Gasteiger partial charge in [-0.3, -0.25) is 14.9 Å². The normalized spacial score (nSPS) is 11.4. The second kappa shape index (κ2) is 5.08. The number of halogens is 4. The minimum atomic E-state index is -4.98. The molecule has 0 aromatic heterocycles. The monoisotopic (exact) mass is 282 g/mol. The van der Waals surface area contributed by atoms with E-state index < -0.39 is 40.3 Å². The molecule has 0 bridgehead atoms. The standard InChI is InChI=1S/C9H6F4N2O4/c10-7(11)9(12,13)8(17)14-5-3-4(15(18)19)1-2-6(5)16/h1-3,7,16H,(H,14,17). The third kappa shape index (κ3) is 3.09. The molecule has 1 aromatic carbocycles. The van der Waals surface area contributed by atoms with Crippen LogP contribution in [0.2, 0.25) is 0 Å². The number of nitrogens with one attached hydrogen (secondary N) is 1. The first-order valence-electron chi connectivity index (χ1n) is 4.61. The number of carbonyl (C=O) groups is 1. The lowest BCUT2D eigenvalue weighted by Crippen LogP contribution is -2.41. The van der Waals surface area contributed by atoms with Crippen molar-refractivity contribution in [2.75, 3.05) is 5.32 Å². The summed E-state index contributed by atoms with van der Waals surface area (Å²) in [6, 6.07) is 2.17. The Morgan fingerprint density at radius 1 is 1.42 bits per heavy atom. The van der Waals surface area contributed by atoms with E-state index in [1.54, 1.807) is 0 Å². The molecule has 0 saturated heterocycles. The number of nitro benzene ring substituents is 1. The first-order valence-corrected chi connectivity index (χ1v) is 4.61. The van der Waals surface area contributed by atoms with E-state index in [1.165, 1.54) is 5.32 Å². The topological polar surface area (TPSA) is 92.5 Å². The van der Waals surface area contributed by atoms with Crippen LogP contribution in [0.15, 0.2) is 18.2 Å². The number of phenolic OH excluding ortho intramolecular Hbond substituents is 1. The number of hydrogen-bond acceptors (Lipinski definition) is 4. The van der Waals surface area contributed by atoms with Crippen LogP contribution in [0.3, 0.4) is 0 Å². The van der Waals surface area contributed by atoms with Crippen molar-refractivity contribution in [3.05, 3.63) is 28.3 Å². The van der Waals surface area contributed by atoms with Crippen molar-refractivity contribution in [2.45, 2.75) is 12.3 Å². The summed E-state index contributed by atoms with van der Waals surface area (Å²) in [4.78, 5) is 20.4. The molecule has 6 nitrogen and oxygen atoms in total. The maximum absolute atomic E-state index is 12.6. The van der Waals surface area contributed by atoms with Gasteiger partial charge in [0.1, 0.15) is 5.75 Å². The molecule has 10 heteroatoms. The molecule has 0 fully saturated rings. The molecular weight excluding hydrogens is 276 g/mol. The van der Waals surface area contributed by atoms with Crippen LogP contribution in [-0.4, -0.2) is 28.3 Å². The minimum absolute atomic E-state index is 0.564. The lowest BCUT2D eigenvalue weighted by atomic mass is 10.2. The molecule has 2 N–H and O–H groups in total. The van der Waals surface area contributed by atoms with Gasteiger partial charge in [-0.05, 0) is 6.07 Å². The average molecular weight is 282 g/mol. The third-order valence-electron chi connectivity index (χ3n) is 2.02. The molecule has 1 amide bonds. The van der Waals surface area contributed by atoms with Crippen molar-refractivity contribution in [2.24, 2.45) is 0 Å². The van der Waals surface area contributed by atoms with Crippen molar-refractivity contribution in [1.29, 1.82) is 0 Å². The highest BCUT2D eigenvalue weighted by Crippen LogP contribution is 2.30. The second-order valence-corrected chi connectivity index (χ2v) is 3.34. The zero-order valence-corrected chi connectivity index (χ0v) is 8.94. The quantitative estimate of drug-likeness (QED) is 0.383. The van der Waals surface area contributed by atoms with Gasteiger partial charge in [0, 0.05) is 12.1 Å². The highest BCUT2D eigenvalue weighted by atomic mass is 19.3. The van der Waals surface area contributed by atoms with Gasteiger partial charge in [0.25, 0.3) is 5.69 Å². The van der Waals surface area contributed by atoms with Gasteiger partial charge in [-0.15, -0.1) is 0 Å². The molecule has 0 unspecified atom stereocenters. The highest BCUT2D eigenvalue weighted by Gasteiger charge is 2.49. The Bertz CT molecular complexity index is 521. The molecule has 0 radical (unpaired) electrons. The van der Waals surface area contributed by atoms with Crippen molar-refractivity contribution in [3.8, 4) is 5.75 Å². The van der Waals surface area contributed by atoms with E-state index in [1.807, 2.05) is 0 Å². The summed E-state index contributed by atoms with van der Waals surface area (Å²) in [5, 5.41) is 20.9. The maximum Gasteiger partial charge on any atom is 0.383 e. The summed E-state index contributed by atoms with van der Waals surface area (Å²) in [5.41, 5.74) is -1.38. The summed E-state index contributed by atoms with van der Waals surface area (Å²) < 4.78 is 49.1. The van der Waals surface area contributed by atoms with Crippen molar-refractivity contribution in [1.82, 2.24) is 0 Å². The van der Waals surface area contributed by atoms with E-state index in [2.05, 4.69) is 0 Å². The molecular formula is C9H6F4N2O4. The Morgan fingerprint density at radius 2 is 2.00 bits per heavy atom. The van der Waals surface area contributed by atoms with Gasteiger partial charge in [-0.25, -0.2) is 8.78 Å². The number of benzene rings is 1. The van der Waals surface area contributed by atoms with Crippen LogP contribution in [-0.2, 0) is 4.79 Å². The van der Waals surface area contributed by atoms with Crippen LogP contribution in [0.4, 0.5) is 28.9 Å². The van der Waals surface area contributed by atoms with Gasteiger partial charge >= 0.3 is 18.3 Å². The van der Waals surface area contributed by atoms with Crippen LogP contribution < -0.4 is 5.32 Å². The molecule has 0 heterocycles. The largest absolute Gasteiger partial charge is 0.506 e. The number of anilines is 1. The minimum Gasteiger partial charge on any atom is -0.506 e. The smallest absolute Gasteiger partial charge is 0.383 e. The summed E-state index contributed by atoms with van der Waals surface area (Å²) in [7, 11) is 0. The van der Waals surface area contributed by atoms with Gasteiger partial charge < -0.3 is 10.4 Å².